The lowest BCUT2D eigenvalue weighted by Crippen LogP contribution is -2.41. The molecule has 0 bridgehead atoms. The molecule has 5 heteroatoms. The number of nitrogens with zero attached hydrogens (tertiary/aromatic N) is 4. The second-order valence-electron chi connectivity index (χ2n) is 5.80. The first kappa shape index (κ1) is 13.9. The number of carbonyl (C=O) groups is 1. The van der Waals surface area contributed by atoms with Crippen molar-refractivity contribution in [2.24, 2.45) is 5.92 Å². The van der Waals surface area contributed by atoms with Gasteiger partial charge in [-0.1, -0.05) is 6.42 Å². The molecule has 1 aromatic heterocycles. The van der Waals surface area contributed by atoms with Gasteiger partial charge < -0.3 is 9.80 Å². The van der Waals surface area contributed by atoms with Crippen molar-refractivity contribution in [3.05, 3.63) is 24.0 Å². The number of rotatable bonds is 2. The highest BCUT2D eigenvalue weighted by Gasteiger charge is 2.30. The minimum Gasteiger partial charge on any atom is -0.367 e. The lowest BCUT2D eigenvalue weighted by molar-refractivity contribution is -0.137. The van der Waals surface area contributed by atoms with E-state index in [0.717, 1.165) is 51.1 Å². The first-order valence-corrected chi connectivity index (χ1v) is 7.67. The van der Waals surface area contributed by atoms with Crippen LogP contribution in [0.25, 0.3) is 0 Å². The van der Waals surface area contributed by atoms with Crippen molar-refractivity contribution in [1.82, 2.24) is 9.88 Å². The molecule has 1 aromatic rings. The smallest absolute Gasteiger partial charge is 0.225 e. The van der Waals surface area contributed by atoms with Gasteiger partial charge in [-0.2, -0.15) is 5.26 Å². The van der Waals surface area contributed by atoms with Crippen LogP contribution in [0.2, 0.25) is 0 Å². The Morgan fingerprint density at radius 2 is 2.10 bits per heavy atom. The fourth-order valence-corrected chi connectivity index (χ4v) is 3.02. The van der Waals surface area contributed by atoms with E-state index in [-0.39, 0.29) is 5.92 Å². The summed E-state index contributed by atoms with van der Waals surface area (Å²) < 4.78 is 0. The molecule has 1 saturated heterocycles. The van der Waals surface area contributed by atoms with E-state index in [1.165, 1.54) is 6.42 Å². The van der Waals surface area contributed by atoms with Gasteiger partial charge in [0, 0.05) is 38.3 Å². The number of aromatic nitrogens is 1. The molecular formula is C16H20N4O. The maximum Gasteiger partial charge on any atom is 0.225 e. The van der Waals surface area contributed by atoms with Crippen molar-refractivity contribution in [1.29, 1.82) is 5.26 Å². The van der Waals surface area contributed by atoms with E-state index in [9.17, 15) is 10.1 Å². The molecule has 0 spiro atoms. The van der Waals surface area contributed by atoms with Crippen LogP contribution in [0.4, 0.5) is 5.69 Å². The molecule has 3 rings (SSSR count). The Hall–Kier alpha value is -2.09. The molecule has 2 fully saturated rings. The minimum absolute atomic E-state index is 0.268. The van der Waals surface area contributed by atoms with Gasteiger partial charge in [-0.3, -0.25) is 9.78 Å². The predicted octanol–water partition coefficient (Wildman–Crippen LogP) is 1.79. The Morgan fingerprint density at radius 3 is 2.81 bits per heavy atom. The van der Waals surface area contributed by atoms with Gasteiger partial charge in [-0.15, -0.1) is 0 Å². The third kappa shape index (κ3) is 2.85. The summed E-state index contributed by atoms with van der Waals surface area (Å²) >= 11 is 0. The zero-order chi connectivity index (χ0) is 14.7. The second-order valence-corrected chi connectivity index (χ2v) is 5.80. The number of amides is 1. The average molecular weight is 284 g/mol. The Labute approximate surface area is 125 Å². The molecule has 0 unspecified atom stereocenters. The van der Waals surface area contributed by atoms with Gasteiger partial charge in [0.25, 0.3) is 0 Å². The van der Waals surface area contributed by atoms with E-state index in [4.69, 9.17) is 0 Å². The van der Waals surface area contributed by atoms with Gasteiger partial charge >= 0.3 is 0 Å². The Morgan fingerprint density at radius 1 is 1.24 bits per heavy atom. The summed E-state index contributed by atoms with van der Waals surface area (Å²) in [6, 6.07) is 3.97. The summed E-state index contributed by atoms with van der Waals surface area (Å²) in [5.74, 6) is 0.597. The van der Waals surface area contributed by atoms with Gasteiger partial charge in [-0.25, -0.2) is 0 Å². The maximum atomic E-state index is 12.3. The van der Waals surface area contributed by atoms with Crippen molar-refractivity contribution >= 4 is 11.6 Å². The molecule has 21 heavy (non-hydrogen) atoms. The largest absolute Gasteiger partial charge is 0.367 e. The molecule has 2 heterocycles. The normalized spacial score (nSPS) is 19.6. The highest BCUT2D eigenvalue weighted by atomic mass is 16.2. The molecule has 0 radical (unpaired) electrons. The third-order valence-electron chi connectivity index (χ3n) is 4.52. The molecular weight excluding hydrogens is 264 g/mol. The topological polar surface area (TPSA) is 60.2 Å². The number of hydrogen-bond acceptors (Lipinski definition) is 4. The van der Waals surface area contributed by atoms with Gasteiger partial charge in [0.2, 0.25) is 5.91 Å². The molecule has 5 nitrogen and oxygen atoms in total. The summed E-state index contributed by atoms with van der Waals surface area (Å²) in [4.78, 5) is 20.7. The monoisotopic (exact) mass is 284 g/mol. The molecule has 0 atom stereocenters. The Balaban J connectivity index is 1.68. The highest BCUT2D eigenvalue weighted by Crippen LogP contribution is 2.29. The number of nitriles is 1. The quantitative estimate of drug-likeness (QED) is 0.830. The van der Waals surface area contributed by atoms with E-state index in [0.29, 0.717) is 11.5 Å². The molecule has 1 amide bonds. The summed E-state index contributed by atoms with van der Waals surface area (Å²) in [6.45, 7) is 3.22. The Bertz CT molecular complexity index is 562. The molecule has 1 saturated carbocycles. The van der Waals surface area contributed by atoms with Crippen molar-refractivity contribution in [3.8, 4) is 6.07 Å². The third-order valence-corrected chi connectivity index (χ3v) is 4.52. The van der Waals surface area contributed by atoms with Gasteiger partial charge in [0.15, 0.2) is 0 Å². The summed E-state index contributed by atoms with van der Waals surface area (Å²) in [5, 5.41) is 9.20. The van der Waals surface area contributed by atoms with Crippen LogP contribution in [0.3, 0.4) is 0 Å². The Kier molecular flexibility index (Phi) is 4.05. The summed E-state index contributed by atoms with van der Waals surface area (Å²) in [7, 11) is 0. The zero-order valence-electron chi connectivity index (χ0n) is 12.2. The van der Waals surface area contributed by atoms with Gasteiger partial charge in [0.05, 0.1) is 17.4 Å². The van der Waals surface area contributed by atoms with Crippen LogP contribution in [0.15, 0.2) is 18.5 Å². The first-order valence-electron chi connectivity index (χ1n) is 7.67. The van der Waals surface area contributed by atoms with Crippen LogP contribution in [0.1, 0.15) is 31.2 Å². The van der Waals surface area contributed by atoms with E-state index >= 15 is 0 Å². The molecule has 0 N–H and O–H groups in total. The van der Waals surface area contributed by atoms with Crippen LogP contribution < -0.4 is 4.90 Å². The predicted molar refractivity (Wildman–Crippen MR) is 79.7 cm³/mol. The summed E-state index contributed by atoms with van der Waals surface area (Å²) in [6.07, 6.45) is 7.64. The average Bonchev–Trinajstić information content (AvgIpc) is 2.71. The fourth-order valence-electron chi connectivity index (χ4n) is 3.02. The SMILES string of the molecule is N#Cc1ccncc1N1CCCN(C(=O)C2CCC2)CC1. The first-order chi connectivity index (χ1) is 10.3. The number of carbonyl (C=O) groups excluding carboxylic acids is 1. The van der Waals surface area contributed by atoms with Crippen LogP contribution in [-0.4, -0.2) is 42.0 Å². The number of anilines is 1. The maximum absolute atomic E-state index is 12.3. The summed E-state index contributed by atoms with van der Waals surface area (Å²) in [5.41, 5.74) is 1.54. The molecule has 110 valence electrons. The van der Waals surface area contributed by atoms with Crippen molar-refractivity contribution in [3.63, 3.8) is 0 Å². The standard InChI is InChI=1S/C16H20N4O/c17-11-14-5-6-18-12-15(14)19-7-2-8-20(10-9-19)16(21)13-3-1-4-13/h5-6,12-13H,1-4,7-10H2. The van der Waals surface area contributed by atoms with Crippen molar-refractivity contribution in [2.45, 2.75) is 25.7 Å². The van der Waals surface area contributed by atoms with Crippen LogP contribution >= 0.6 is 0 Å². The van der Waals surface area contributed by atoms with E-state index in [1.54, 1.807) is 18.5 Å². The van der Waals surface area contributed by atoms with Crippen LogP contribution in [0.5, 0.6) is 0 Å². The fraction of sp³-hybridized carbons (Fsp3) is 0.562. The van der Waals surface area contributed by atoms with E-state index < -0.39 is 0 Å². The highest BCUT2D eigenvalue weighted by molar-refractivity contribution is 5.79. The molecule has 0 aromatic carbocycles. The van der Waals surface area contributed by atoms with Crippen molar-refractivity contribution in [2.75, 3.05) is 31.1 Å². The molecule has 1 aliphatic carbocycles. The van der Waals surface area contributed by atoms with Gasteiger partial charge in [0.1, 0.15) is 6.07 Å². The lowest BCUT2D eigenvalue weighted by atomic mass is 9.84. The lowest BCUT2D eigenvalue weighted by Gasteiger charge is -2.31. The van der Waals surface area contributed by atoms with E-state index in [1.807, 2.05) is 4.90 Å². The number of hydrogen-bond donors (Lipinski definition) is 0. The molecule has 1 aliphatic heterocycles. The van der Waals surface area contributed by atoms with Crippen LogP contribution in [-0.2, 0) is 4.79 Å². The second kappa shape index (κ2) is 6.13. The minimum atomic E-state index is 0.268. The van der Waals surface area contributed by atoms with Gasteiger partial charge in [-0.05, 0) is 25.3 Å². The molecule has 2 aliphatic rings. The van der Waals surface area contributed by atoms with E-state index in [2.05, 4.69) is 16.0 Å². The number of pyridine rings is 1. The van der Waals surface area contributed by atoms with Crippen molar-refractivity contribution < 1.29 is 4.79 Å². The zero-order valence-corrected chi connectivity index (χ0v) is 12.2. The van der Waals surface area contributed by atoms with Crippen LogP contribution in [0, 0.1) is 17.2 Å².